The number of nitrogens with one attached hydrogen (secondary N) is 2. The maximum Gasteiger partial charge on any atom is 0.276 e. The van der Waals surface area contributed by atoms with Gasteiger partial charge in [-0.25, -0.2) is 0 Å². The largest absolute Gasteiger partial charge is 0.491 e. The summed E-state index contributed by atoms with van der Waals surface area (Å²) in [6.45, 7) is 11.7. The highest BCUT2D eigenvalue weighted by atomic mass is 16.5. The van der Waals surface area contributed by atoms with Gasteiger partial charge in [-0.15, -0.1) is 0 Å². The average molecular weight is 466 g/mol. The summed E-state index contributed by atoms with van der Waals surface area (Å²) in [4.78, 5) is 20.7. The number of carbonyl (C=O) groups excluding carboxylic acids is 1. The molecule has 8 nitrogen and oxygen atoms in total. The van der Waals surface area contributed by atoms with Crippen LogP contribution in [0.4, 0.5) is 0 Å². The van der Waals surface area contributed by atoms with Crippen molar-refractivity contribution < 1.29 is 14.1 Å². The van der Waals surface area contributed by atoms with Crippen molar-refractivity contribution in [3.8, 4) is 28.7 Å². The van der Waals surface area contributed by atoms with Crippen molar-refractivity contribution in [3.63, 3.8) is 0 Å². The number of benzene rings is 1. The Balaban J connectivity index is 1.75. The van der Waals surface area contributed by atoms with E-state index in [1.54, 1.807) is 7.05 Å². The number of ether oxygens (including phenoxy) is 1. The highest BCUT2D eigenvalue weighted by molar-refractivity contribution is 5.77. The molecule has 0 unspecified atom stereocenters. The molecule has 0 aliphatic rings. The van der Waals surface area contributed by atoms with Gasteiger partial charge in [0.1, 0.15) is 18.1 Å². The fourth-order valence-corrected chi connectivity index (χ4v) is 3.81. The molecule has 0 saturated carbocycles. The lowest BCUT2D eigenvalue weighted by atomic mass is 10.0. The average Bonchev–Trinajstić information content (AvgIpc) is 3.29. The molecule has 0 bridgehead atoms. The van der Waals surface area contributed by atoms with Gasteiger partial charge in [0, 0.05) is 11.8 Å². The van der Waals surface area contributed by atoms with Crippen molar-refractivity contribution >= 4 is 5.91 Å². The second-order valence-electron chi connectivity index (χ2n) is 8.88. The number of aryl methyl sites for hydroxylation is 3. The molecule has 2 N–H and O–H groups in total. The lowest BCUT2D eigenvalue weighted by Crippen LogP contribution is -2.34. The van der Waals surface area contributed by atoms with Crippen LogP contribution in [-0.4, -0.2) is 47.8 Å². The highest BCUT2D eigenvalue weighted by Gasteiger charge is 2.16. The number of pyridine rings is 1. The van der Waals surface area contributed by atoms with Crippen LogP contribution in [0.3, 0.4) is 0 Å². The van der Waals surface area contributed by atoms with Gasteiger partial charge >= 0.3 is 0 Å². The Morgan fingerprint density at radius 3 is 2.62 bits per heavy atom. The van der Waals surface area contributed by atoms with E-state index in [0.29, 0.717) is 36.5 Å². The Labute approximate surface area is 201 Å². The van der Waals surface area contributed by atoms with E-state index in [2.05, 4.69) is 53.5 Å². The zero-order valence-electron chi connectivity index (χ0n) is 21.0. The monoisotopic (exact) mass is 465 g/mol. The molecule has 3 rings (SSSR count). The maximum absolute atomic E-state index is 11.6. The number of nitrogens with zero attached hydrogens (tertiary/aromatic N) is 3. The van der Waals surface area contributed by atoms with Gasteiger partial charge in [-0.3, -0.25) is 9.78 Å². The SMILES string of the molecule is CCc1cc(-c2noc(-c3cc(C)c(CC(C)C)cn3)n2)cc(C)c1OCCNC(=O)CNC. The van der Waals surface area contributed by atoms with Gasteiger partial charge in [-0.1, -0.05) is 25.9 Å². The first-order valence-corrected chi connectivity index (χ1v) is 11.8. The third kappa shape index (κ3) is 6.41. The lowest BCUT2D eigenvalue weighted by molar-refractivity contribution is -0.120. The Morgan fingerprint density at radius 2 is 1.94 bits per heavy atom. The molecule has 0 atom stereocenters. The van der Waals surface area contributed by atoms with Crippen LogP contribution in [0.2, 0.25) is 0 Å². The minimum atomic E-state index is -0.0546. The van der Waals surface area contributed by atoms with Crippen LogP contribution in [0.5, 0.6) is 5.75 Å². The molecule has 0 spiro atoms. The van der Waals surface area contributed by atoms with Crippen molar-refractivity contribution in [2.24, 2.45) is 5.92 Å². The second-order valence-corrected chi connectivity index (χ2v) is 8.88. The molecule has 0 saturated heterocycles. The number of aromatic nitrogens is 3. The molecule has 0 aliphatic heterocycles. The van der Waals surface area contributed by atoms with Gasteiger partial charge in [0.2, 0.25) is 11.7 Å². The molecule has 1 aromatic carbocycles. The number of likely N-dealkylation sites (N-methyl/N-ethyl adjacent to an activating group) is 1. The van der Waals surface area contributed by atoms with Crippen LogP contribution >= 0.6 is 0 Å². The van der Waals surface area contributed by atoms with Crippen molar-refractivity contribution in [2.75, 3.05) is 26.7 Å². The van der Waals surface area contributed by atoms with Gasteiger partial charge in [-0.05, 0) is 80.1 Å². The number of amides is 1. The summed E-state index contributed by atoms with van der Waals surface area (Å²) in [7, 11) is 1.74. The highest BCUT2D eigenvalue weighted by Crippen LogP contribution is 2.31. The first-order chi connectivity index (χ1) is 16.3. The summed E-state index contributed by atoms with van der Waals surface area (Å²) in [6.07, 6.45) is 3.68. The minimum absolute atomic E-state index is 0.0546. The Bertz CT molecular complexity index is 1120. The van der Waals surface area contributed by atoms with Crippen LogP contribution in [0.1, 0.15) is 43.0 Å². The van der Waals surface area contributed by atoms with E-state index in [0.717, 1.165) is 35.3 Å². The fourth-order valence-electron chi connectivity index (χ4n) is 3.81. The standard InChI is InChI=1S/C26H35N5O3/c1-7-19-13-20(11-18(5)24(19)33-9-8-28-23(32)15-27-6)25-30-26(34-31-25)22-12-17(4)21(14-29-22)10-16(2)3/h11-14,16,27H,7-10,15H2,1-6H3,(H,28,32). The fraction of sp³-hybridized carbons (Fsp3) is 0.462. The van der Waals surface area contributed by atoms with E-state index in [1.807, 2.05) is 31.3 Å². The normalized spacial score (nSPS) is 11.1. The van der Waals surface area contributed by atoms with Crippen molar-refractivity contribution in [2.45, 2.75) is 47.5 Å². The molecule has 2 aromatic heterocycles. The van der Waals surface area contributed by atoms with Crippen molar-refractivity contribution in [1.82, 2.24) is 25.8 Å². The van der Waals surface area contributed by atoms with E-state index < -0.39 is 0 Å². The predicted octanol–water partition coefficient (Wildman–Crippen LogP) is 3.89. The Morgan fingerprint density at radius 1 is 1.15 bits per heavy atom. The van der Waals surface area contributed by atoms with Crippen molar-refractivity contribution in [1.29, 1.82) is 0 Å². The van der Waals surface area contributed by atoms with E-state index in [4.69, 9.17) is 9.26 Å². The van der Waals surface area contributed by atoms with E-state index >= 15 is 0 Å². The quantitative estimate of drug-likeness (QED) is 0.414. The molecule has 0 radical (unpaired) electrons. The van der Waals surface area contributed by atoms with E-state index in [-0.39, 0.29) is 12.5 Å². The third-order valence-electron chi connectivity index (χ3n) is 5.49. The summed E-state index contributed by atoms with van der Waals surface area (Å²) in [6, 6.07) is 6.03. The van der Waals surface area contributed by atoms with E-state index in [9.17, 15) is 4.79 Å². The molecule has 182 valence electrons. The van der Waals surface area contributed by atoms with Crippen LogP contribution in [0, 0.1) is 19.8 Å². The number of carbonyl (C=O) groups is 1. The van der Waals surface area contributed by atoms with Crippen LogP contribution in [0.15, 0.2) is 28.9 Å². The molecule has 0 fully saturated rings. The van der Waals surface area contributed by atoms with Gasteiger partial charge in [0.25, 0.3) is 5.89 Å². The summed E-state index contributed by atoms with van der Waals surface area (Å²) >= 11 is 0. The minimum Gasteiger partial charge on any atom is -0.491 e. The predicted molar refractivity (Wildman–Crippen MR) is 133 cm³/mol. The van der Waals surface area contributed by atoms with Gasteiger partial charge in [0.15, 0.2) is 0 Å². The molecular weight excluding hydrogens is 430 g/mol. The molecule has 34 heavy (non-hydrogen) atoms. The summed E-state index contributed by atoms with van der Waals surface area (Å²) in [5, 5.41) is 9.84. The molecular formula is C26H35N5O3. The molecule has 3 aromatic rings. The lowest BCUT2D eigenvalue weighted by Gasteiger charge is -2.15. The second kappa shape index (κ2) is 11.7. The first kappa shape index (κ1) is 25.4. The number of hydrogen-bond donors (Lipinski definition) is 2. The van der Waals surface area contributed by atoms with Gasteiger partial charge < -0.3 is 19.9 Å². The summed E-state index contributed by atoms with van der Waals surface area (Å²) < 4.78 is 11.5. The zero-order valence-corrected chi connectivity index (χ0v) is 21.0. The zero-order chi connectivity index (χ0) is 24.7. The number of rotatable bonds is 11. The van der Waals surface area contributed by atoms with Gasteiger partial charge in [-0.2, -0.15) is 4.98 Å². The first-order valence-electron chi connectivity index (χ1n) is 11.8. The smallest absolute Gasteiger partial charge is 0.276 e. The third-order valence-corrected chi connectivity index (χ3v) is 5.49. The maximum atomic E-state index is 11.6. The van der Waals surface area contributed by atoms with Gasteiger partial charge in [0.05, 0.1) is 13.1 Å². The Hall–Kier alpha value is -3.26. The molecule has 0 aliphatic carbocycles. The topological polar surface area (TPSA) is 102 Å². The molecule has 2 heterocycles. The van der Waals surface area contributed by atoms with Crippen LogP contribution in [-0.2, 0) is 17.6 Å². The van der Waals surface area contributed by atoms with Crippen LogP contribution < -0.4 is 15.4 Å². The summed E-state index contributed by atoms with van der Waals surface area (Å²) in [5.41, 5.74) is 5.98. The number of hydrogen-bond acceptors (Lipinski definition) is 7. The molecule has 1 amide bonds. The van der Waals surface area contributed by atoms with Crippen molar-refractivity contribution in [3.05, 3.63) is 46.6 Å². The van der Waals surface area contributed by atoms with E-state index in [1.165, 1.54) is 11.1 Å². The Kier molecular flexibility index (Phi) is 8.76. The molecule has 8 heteroatoms. The summed E-state index contributed by atoms with van der Waals surface area (Å²) in [5.74, 6) is 2.27. The van der Waals surface area contributed by atoms with Crippen LogP contribution in [0.25, 0.3) is 23.0 Å².